The van der Waals surface area contributed by atoms with E-state index < -0.39 is 0 Å². The molecule has 1 atom stereocenters. The highest BCUT2D eigenvalue weighted by Crippen LogP contribution is 2.20. The Morgan fingerprint density at radius 1 is 1.50 bits per heavy atom. The Kier molecular flexibility index (Phi) is 5.34. The van der Waals surface area contributed by atoms with Crippen molar-refractivity contribution in [2.75, 3.05) is 18.5 Å². The van der Waals surface area contributed by atoms with E-state index in [1.165, 1.54) is 4.90 Å². The van der Waals surface area contributed by atoms with Crippen LogP contribution in [0.25, 0.3) is 0 Å². The summed E-state index contributed by atoms with van der Waals surface area (Å²) in [5.41, 5.74) is 6.76. The number of anilines is 1. The molecule has 0 aromatic heterocycles. The molecule has 0 radical (unpaired) electrons. The SMILES string of the molecule is CCC(CN)CC(=O)N(C)c1ccccc1C#N. The van der Waals surface area contributed by atoms with Crippen LogP contribution in [0.4, 0.5) is 5.69 Å². The highest BCUT2D eigenvalue weighted by molar-refractivity contribution is 5.94. The summed E-state index contributed by atoms with van der Waals surface area (Å²) in [6.45, 7) is 2.53. The molecule has 4 heteroatoms. The van der Waals surface area contributed by atoms with Crippen LogP contribution in [-0.4, -0.2) is 19.5 Å². The van der Waals surface area contributed by atoms with Gasteiger partial charge in [-0.25, -0.2) is 0 Å². The third-order valence-electron chi connectivity index (χ3n) is 3.13. The molecule has 4 nitrogen and oxygen atoms in total. The van der Waals surface area contributed by atoms with Gasteiger partial charge in [-0.3, -0.25) is 4.79 Å². The molecule has 1 aromatic rings. The zero-order chi connectivity index (χ0) is 13.5. The van der Waals surface area contributed by atoms with Crippen LogP contribution < -0.4 is 10.6 Å². The summed E-state index contributed by atoms with van der Waals surface area (Å²) in [6.07, 6.45) is 1.30. The van der Waals surface area contributed by atoms with E-state index in [9.17, 15) is 4.79 Å². The molecular weight excluding hydrogens is 226 g/mol. The molecule has 0 saturated heterocycles. The topological polar surface area (TPSA) is 70.1 Å². The van der Waals surface area contributed by atoms with Crippen LogP contribution in [0.3, 0.4) is 0 Å². The van der Waals surface area contributed by atoms with Gasteiger partial charge in [0.15, 0.2) is 0 Å². The smallest absolute Gasteiger partial charge is 0.227 e. The zero-order valence-corrected chi connectivity index (χ0v) is 10.9. The first kappa shape index (κ1) is 14.2. The molecule has 1 aromatic carbocycles. The van der Waals surface area contributed by atoms with E-state index in [1.807, 2.05) is 13.0 Å². The van der Waals surface area contributed by atoms with Crippen LogP contribution in [0.2, 0.25) is 0 Å². The first-order chi connectivity index (χ1) is 8.63. The average molecular weight is 245 g/mol. The number of carbonyl (C=O) groups excluding carboxylic acids is 1. The Labute approximate surface area is 108 Å². The number of para-hydroxylation sites is 1. The van der Waals surface area contributed by atoms with E-state index >= 15 is 0 Å². The molecule has 0 aliphatic heterocycles. The predicted octanol–water partition coefficient (Wildman–Crippen LogP) is 1.90. The second-order valence-corrected chi connectivity index (χ2v) is 4.30. The maximum absolute atomic E-state index is 12.1. The first-order valence-electron chi connectivity index (χ1n) is 6.09. The minimum atomic E-state index is -0.00463. The third-order valence-corrected chi connectivity index (χ3v) is 3.13. The lowest BCUT2D eigenvalue weighted by molar-refractivity contribution is -0.119. The Bertz CT molecular complexity index is 447. The normalized spacial score (nSPS) is 11.7. The number of hydrogen-bond acceptors (Lipinski definition) is 3. The number of nitrogens with zero attached hydrogens (tertiary/aromatic N) is 2. The maximum Gasteiger partial charge on any atom is 0.227 e. The summed E-state index contributed by atoms with van der Waals surface area (Å²) in [5.74, 6) is 0.198. The van der Waals surface area contributed by atoms with Gasteiger partial charge in [-0.1, -0.05) is 25.5 Å². The van der Waals surface area contributed by atoms with E-state index in [-0.39, 0.29) is 11.8 Å². The molecule has 0 spiro atoms. The van der Waals surface area contributed by atoms with Gasteiger partial charge in [-0.15, -0.1) is 0 Å². The number of benzene rings is 1. The summed E-state index contributed by atoms with van der Waals surface area (Å²) in [5, 5.41) is 9.02. The van der Waals surface area contributed by atoms with Crippen LogP contribution in [0.1, 0.15) is 25.3 Å². The lowest BCUT2D eigenvalue weighted by Gasteiger charge is -2.21. The monoisotopic (exact) mass is 245 g/mol. The van der Waals surface area contributed by atoms with Crippen LogP contribution in [0, 0.1) is 17.2 Å². The number of amides is 1. The molecule has 1 unspecified atom stereocenters. The van der Waals surface area contributed by atoms with Crippen molar-refractivity contribution in [1.29, 1.82) is 5.26 Å². The van der Waals surface area contributed by atoms with Crippen molar-refractivity contribution < 1.29 is 4.79 Å². The van der Waals surface area contributed by atoms with Crippen molar-refractivity contribution in [2.24, 2.45) is 11.7 Å². The molecule has 2 N–H and O–H groups in total. The summed E-state index contributed by atoms with van der Waals surface area (Å²) < 4.78 is 0. The fraction of sp³-hybridized carbons (Fsp3) is 0.429. The third kappa shape index (κ3) is 3.31. The lowest BCUT2D eigenvalue weighted by atomic mass is 10.0. The lowest BCUT2D eigenvalue weighted by Crippen LogP contribution is -2.30. The zero-order valence-electron chi connectivity index (χ0n) is 10.9. The van der Waals surface area contributed by atoms with Crippen molar-refractivity contribution in [3.8, 4) is 6.07 Å². The van der Waals surface area contributed by atoms with Crippen molar-refractivity contribution in [1.82, 2.24) is 0 Å². The van der Waals surface area contributed by atoms with E-state index in [1.54, 1.807) is 25.2 Å². The molecule has 1 amide bonds. The molecule has 0 aliphatic rings. The molecule has 96 valence electrons. The number of nitrogens with two attached hydrogens (primary N) is 1. The molecule has 0 heterocycles. The van der Waals surface area contributed by atoms with Gasteiger partial charge >= 0.3 is 0 Å². The molecule has 18 heavy (non-hydrogen) atoms. The predicted molar refractivity (Wildman–Crippen MR) is 72.0 cm³/mol. The number of rotatable bonds is 5. The standard InChI is InChI=1S/C14H19N3O/c1-3-11(9-15)8-14(18)17(2)13-7-5-4-6-12(13)10-16/h4-7,11H,3,8-9,15H2,1-2H3. The fourth-order valence-electron chi connectivity index (χ4n) is 1.77. The quantitative estimate of drug-likeness (QED) is 0.861. The minimum absolute atomic E-state index is 0.00463. The van der Waals surface area contributed by atoms with Gasteiger partial charge in [-0.2, -0.15) is 5.26 Å². The highest BCUT2D eigenvalue weighted by Gasteiger charge is 2.17. The highest BCUT2D eigenvalue weighted by atomic mass is 16.2. The fourth-order valence-corrected chi connectivity index (χ4v) is 1.77. The van der Waals surface area contributed by atoms with Gasteiger partial charge in [-0.05, 0) is 24.6 Å². The summed E-state index contributed by atoms with van der Waals surface area (Å²) in [6, 6.07) is 9.19. The van der Waals surface area contributed by atoms with Gasteiger partial charge in [0.25, 0.3) is 0 Å². The first-order valence-corrected chi connectivity index (χ1v) is 6.09. The van der Waals surface area contributed by atoms with Crippen molar-refractivity contribution in [2.45, 2.75) is 19.8 Å². The van der Waals surface area contributed by atoms with Crippen LogP contribution >= 0.6 is 0 Å². The Morgan fingerprint density at radius 2 is 2.17 bits per heavy atom. The van der Waals surface area contributed by atoms with Gasteiger partial charge in [0, 0.05) is 13.5 Å². The van der Waals surface area contributed by atoms with E-state index in [0.717, 1.165) is 6.42 Å². The van der Waals surface area contributed by atoms with Gasteiger partial charge in [0.2, 0.25) is 5.91 Å². The van der Waals surface area contributed by atoms with Crippen molar-refractivity contribution in [3.63, 3.8) is 0 Å². The Morgan fingerprint density at radius 3 is 2.72 bits per heavy atom. The van der Waals surface area contributed by atoms with Gasteiger partial charge in [0.05, 0.1) is 11.3 Å². The van der Waals surface area contributed by atoms with Crippen LogP contribution in [0.5, 0.6) is 0 Å². The van der Waals surface area contributed by atoms with Crippen LogP contribution in [-0.2, 0) is 4.79 Å². The molecule has 0 aliphatic carbocycles. The molecule has 0 fully saturated rings. The average Bonchev–Trinajstić information content (AvgIpc) is 2.43. The van der Waals surface area contributed by atoms with Crippen molar-refractivity contribution >= 4 is 11.6 Å². The molecular formula is C14H19N3O. The van der Waals surface area contributed by atoms with Crippen LogP contribution in [0.15, 0.2) is 24.3 Å². The minimum Gasteiger partial charge on any atom is -0.330 e. The Balaban J connectivity index is 2.84. The van der Waals surface area contributed by atoms with E-state index in [2.05, 4.69) is 6.07 Å². The summed E-state index contributed by atoms with van der Waals surface area (Å²) in [4.78, 5) is 13.6. The van der Waals surface area contributed by atoms with Gasteiger partial charge in [0.1, 0.15) is 6.07 Å². The Hall–Kier alpha value is -1.86. The number of nitriles is 1. The summed E-state index contributed by atoms with van der Waals surface area (Å²) >= 11 is 0. The molecule has 0 saturated carbocycles. The molecule has 1 rings (SSSR count). The second-order valence-electron chi connectivity index (χ2n) is 4.30. The van der Waals surface area contributed by atoms with Gasteiger partial charge < -0.3 is 10.6 Å². The number of hydrogen-bond donors (Lipinski definition) is 1. The molecule has 0 bridgehead atoms. The van der Waals surface area contributed by atoms with E-state index in [0.29, 0.717) is 24.2 Å². The van der Waals surface area contributed by atoms with Crippen molar-refractivity contribution in [3.05, 3.63) is 29.8 Å². The largest absolute Gasteiger partial charge is 0.330 e. The summed E-state index contributed by atoms with van der Waals surface area (Å²) in [7, 11) is 1.70. The second kappa shape index (κ2) is 6.77. The number of carbonyl (C=O) groups is 1. The maximum atomic E-state index is 12.1. The van der Waals surface area contributed by atoms with E-state index in [4.69, 9.17) is 11.0 Å².